The number of likely N-dealkylation sites (N-methyl/N-ethyl adjacent to an activating group) is 1. The van der Waals surface area contributed by atoms with Crippen molar-refractivity contribution in [2.75, 3.05) is 32.2 Å². The molecular weight excluding hydrogens is 216 g/mol. The second-order valence-electron chi connectivity index (χ2n) is 3.29. The second-order valence-corrected chi connectivity index (χ2v) is 3.70. The molecule has 15 heavy (non-hydrogen) atoms. The molecule has 0 bridgehead atoms. The highest BCUT2D eigenvalue weighted by molar-refractivity contribution is 6.32. The molecule has 0 aliphatic rings. The maximum absolute atomic E-state index is 5.94. The minimum absolute atomic E-state index is 0.0639. The van der Waals surface area contributed by atoms with Gasteiger partial charge in [-0.1, -0.05) is 11.6 Å². The Labute approximate surface area is 94.2 Å². The van der Waals surface area contributed by atoms with Crippen molar-refractivity contribution < 1.29 is 4.74 Å². The molecule has 0 amide bonds. The molecule has 0 aromatic carbocycles. The number of halogens is 1. The fraction of sp³-hybridized carbons (Fsp3) is 0.556. The first kappa shape index (κ1) is 12.2. The van der Waals surface area contributed by atoms with Crippen LogP contribution in [0.3, 0.4) is 0 Å². The van der Waals surface area contributed by atoms with Gasteiger partial charge in [0.2, 0.25) is 0 Å². The van der Waals surface area contributed by atoms with Gasteiger partial charge in [-0.2, -0.15) is 0 Å². The van der Waals surface area contributed by atoms with Crippen LogP contribution >= 0.6 is 11.6 Å². The van der Waals surface area contributed by atoms with Gasteiger partial charge in [-0.15, -0.1) is 0 Å². The van der Waals surface area contributed by atoms with Gasteiger partial charge in [0.05, 0.1) is 12.8 Å². The topological polar surface area (TPSA) is 64.3 Å². The summed E-state index contributed by atoms with van der Waals surface area (Å²) in [6, 6.07) is -0.0639. The number of hydrogen-bond donors (Lipinski definition) is 1. The summed E-state index contributed by atoms with van der Waals surface area (Å²) in [5.41, 5.74) is 5.82. The first-order valence-electron chi connectivity index (χ1n) is 4.56. The average molecular weight is 231 g/mol. The van der Waals surface area contributed by atoms with Crippen LogP contribution in [0.4, 0.5) is 5.82 Å². The van der Waals surface area contributed by atoms with Crippen LogP contribution in [0.2, 0.25) is 5.02 Å². The molecular formula is C9H15ClN4O. The molecule has 2 N–H and O–H groups in total. The maximum atomic E-state index is 5.94. The first-order valence-corrected chi connectivity index (χ1v) is 4.94. The Balaban J connectivity index is 2.61. The number of nitrogens with zero attached hydrogens (tertiary/aromatic N) is 3. The number of anilines is 1. The van der Waals surface area contributed by atoms with Gasteiger partial charge in [-0.3, -0.25) is 0 Å². The van der Waals surface area contributed by atoms with E-state index >= 15 is 0 Å². The summed E-state index contributed by atoms with van der Waals surface area (Å²) < 4.78 is 4.95. The quantitative estimate of drug-likeness (QED) is 0.800. The van der Waals surface area contributed by atoms with Crippen molar-refractivity contribution in [1.82, 2.24) is 9.97 Å². The molecule has 5 nitrogen and oxygen atoms in total. The van der Waals surface area contributed by atoms with E-state index < -0.39 is 0 Å². The van der Waals surface area contributed by atoms with E-state index in [1.54, 1.807) is 13.3 Å². The molecule has 0 saturated heterocycles. The maximum Gasteiger partial charge on any atom is 0.150 e. The average Bonchev–Trinajstić information content (AvgIpc) is 2.18. The van der Waals surface area contributed by atoms with Crippen molar-refractivity contribution in [2.45, 2.75) is 6.04 Å². The van der Waals surface area contributed by atoms with Crippen molar-refractivity contribution in [3.05, 3.63) is 17.5 Å². The predicted octanol–water partition coefficient (Wildman–Crippen LogP) is 0.540. The molecule has 1 aromatic heterocycles. The Kier molecular flexibility index (Phi) is 4.74. The van der Waals surface area contributed by atoms with E-state index in [2.05, 4.69) is 9.97 Å². The zero-order valence-corrected chi connectivity index (χ0v) is 9.61. The van der Waals surface area contributed by atoms with Crippen molar-refractivity contribution in [3.8, 4) is 0 Å². The van der Waals surface area contributed by atoms with E-state index in [0.717, 1.165) is 0 Å². The first-order chi connectivity index (χ1) is 7.15. The minimum atomic E-state index is -0.0639. The van der Waals surface area contributed by atoms with E-state index in [0.29, 0.717) is 24.0 Å². The Morgan fingerprint density at radius 3 is 3.00 bits per heavy atom. The van der Waals surface area contributed by atoms with Gasteiger partial charge in [0, 0.05) is 26.7 Å². The van der Waals surface area contributed by atoms with Gasteiger partial charge < -0.3 is 15.4 Å². The van der Waals surface area contributed by atoms with Gasteiger partial charge in [-0.25, -0.2) is 9.97 Å². The number of rotatable bonds is 5. The normalized spacial score (nSPS) is 12.5. The summed E-state index contributed by atoms with van der Waals surface area (Å²) in [4.78, 5) is 9.78. The van der Waals surface area contributed by atoms with E-state index in [1.165, 1.54) is 6.33 Å². The van der Waals surface area contributed by atoms with E-state index in [1.807, 2.05) is 11.9 Å². The Hall–Kier alpha value is -0.910. The summed E-state index contributed by atoms with van der Waals surface area (Å²) in [5, 5.41) is 0.518. The van der Waals surface area contributed by atoms with Crippen LogP contribution in [0.25, 0.3) is 0 Å². The van der Waals surface area contributed by atoms with Crippen LogP contribution < -0.4 is 10.6 Å². The van der Waals surface area contributed by atoms with Gasteiger partial charge in [0.15, 0.2) is 5.82 Å². The van der Waals surface area contributed by atoms with E-state index in [-0.39, 0.29) is 6.04 Å². The van der Waals surface area contributed by atoms with Crippen LogP contribution in [-0.2, 0) is 4.74 Å². The monoisotopic (exact) mass is 230 g/mol. The SMILES string of the molecule is COCC(N)CN(C)c1ncncc1Cl. The third-order valence-electron chi connectivity index (χ3n) is 1.90. The highest BCUT2D eigenvalue weighted by atomic mass is 35.5. The smallest absolute Gasteiger partial charge is 0.150 e. The van der Waals surface area contributed by atoms with Crippen molar-refractivity contribution >= 4 is 17.4 Å². The molecule has 0 aliphatic carbocycles. The standard InChI is InChI=1S/C9H15ClN4O/c1-14(4-7(11)5-15-2)9-8(10)3-12-6-13-9/h3,6-7H,4-5,11H2,1-2H3. The molecule has 1 heterocycles. The molecule has 1 rings (SSSR count). The molecule has 0 fully saturated rings. The fourth-order valence-electron chi connectivity index (χ4n) is 1.29. The van der Waals surface area contributed by atoms with Crippen LogP contribution in [0.5, 0.6) is 0 Å². The van der Waals surface area contributed by atoms with Crippen LogP contribution in [0, 0.1) is 0 Å². The largest absolute Gasteiger partial charge is 0.383 e. The highest BCUT2D eigenvalue weighted by Gasteiger charge is 2.11. The summed E-state index contributed by atoms with van der Waals surface area (Å²) in [7, 11) is 3.50. The van der Waals surface area contributed by atoms with E-state index in [9.17, 15) is 0 Å². The molecule has 0 saturated carbocycles. The Morgan fingerprint density at radius 2 is 2.40 bits per heavy atom. The summed E-state index contributed by atoms with van der Waals surface area (Å²) in [6.07, 6.45) is 3.02. The van der Waals surface area contributed by atoms with Crippen LogP contribution in [-0.4, -0.2) is 43.3 Å². The molecule has 1 aromatic rings. The number of hydrogen-bond acceptors (Lipinski definition) is 5. The molecule has 1 unspecified atom stereocenters. The van der Waals surface area contributed by atoms with Crippen LogP contribution in [0.15, 0.2) is 12.5 Å². The predicted molar refractivity (Wildman–Crippen MR) is 60.2 cm³/mol. The lowest BCUT2D eigenvalue weighted by Crippen LogP contribution is -2.38. The third-order valence-corrected chi connectivity index (χ3v) is 2.17. The van der Waals surface area contributed by atoms with Gasteiger partial charge >= 0.3 is 0 Å². The molecule has 1 atom stereocenters. The summed E-state index contributed by atoms with van der Waals surface area (Å²) in [6.45, 7) is 1.14. The Morgan fingerprint density at radius 1 is 1.67 bits per heavy atom. The summed E-state index contributed by atoms with van der Waals surface area (Å²) >= 11 is 5.94. The van der Waals surface area contributed by atoms with Gasteiger partial charge in [0.1, 0.15) is 11.3 Å². The number of methoxy groups -OCH3 is 1. The van der Waals surface area contributed by atoms with Gasteiger partial charge in [-0.05, 0) is 0 Å². The number of aromatic nitrogens is 2. The van der Waals surface area contributed by atoms with E-state index in [4.69, 9.17) is 22.1 Å². The molecule has 0 aliphatic heterocycles. The molecule has 0 radical (unpaired) electrons. The lowest BCUT2D eigenvalue weighted by atomic mass is 10.3. The number of ether oxygens (including phenoxy) is 1. The second kappa shape index (κ2) is 5.85. The molecule has 6 heteroatoms. The lowest BCUT2D eigenvalue weighted by molar-refractivity contribution is 0.181. The zero-order chi connectivity index (χ0) is 11.3. The number of nitrogens with two attached hydrogens (primary N) is 1. The summed E-state index contributed by atoms with van der Waals surface area (Å²) in [5.74, 6) is 0.679. The van der Waals surface area contributed by atoms with Gasteiger partial charge in [0.25, 0.3) is 0 Å². The van der Waals surface area contributed by atoms with Crippen LogP contribution in [0.1, 0.15) is 0 Å². The minimum Gasteiger partial charge on any atom is -0.383 e. The third kappa shape index (κ3) is 3.62. The highest BCUT2D eigenvalue weighted by Crippen LogP contribution is 2.19. The van der Waals surface area contributed by atoms with Crippen molar-refractivity contribution in [2.24, 2.45) is 5.73 Å². The lowest BCUT2D eigenvalue weighted by Gasteiger charge is -2.22. The van der Waals surface area contributed by atoms with Crippen molar-refractivity contribution in [3.63, 3.8) is 0 Å². The molecule has 0 spiro atoms. The Bertz CT molecular complexity index is 310. The fourth-order valence-corrected chi connectivity index (χ4v) is 1.54. The van der Waals surface area contributed by atoms with Crippen molar-refractivity contribution in [1.29, 1.82) is 0 Å². The molecule has 84 valence electrons. The zero-order valence-electron chi connectivity index (χ0n) is 8.85.